The van der Waals surface area contributed by atoms with Crippen LogP contribution in [0, 0.1) is 0 Å². The van der Waals surface area contributed by atoms with Crippen LogP contribution in [-0.2, 0) is 0 Å². The first-order valence-electron chi connectivity index (χ1n) is 5.45. The van der Waals surface area contributed by atoms with Crippen LogP contribution in [-0.4, -0.2) is 0 Å². The molecule has 0 N–H and O–H groups in total. The van der Waals surface area contributed by atoms with Crippen LogP contribution in [0.25, 0.3) is 0 Å². The highest BCUT2D eigenvalue weighted by molar-refractivity contribution is 4.94. The predicted octanol–water partition coefficient (Wildman–Crippen LogP) is 4.40. The van der Waals surface area contributed by atoms with Gasteiger partial charge in [0, 0.05) is 0 Å². The zero-order chi connectivity index (χ0) is 9.19. The van der Waals surface area contributed by atoms with E-state index in [1.165, 1.54) is 38.5 Å². The maximum atomic E-state index is 2.33. The molecule has 72 valence electrons. The van der Waals surface area contributed by atoms with Crippen molar-refractivity contribution < 1.29 is 0 Å². The quantitative estimate of drug-likeness (QED) is 0.480. The highest BCUT2D eigenvalue weighted by Gasteiger charge is 1.84. The summed E-state index contributed by atoms with van der Waals surface area (Å²) in [7, 11) is 0. The minimum Gasteiger partial charge on any atom is -0.0885 e. The van der Waals surface area contributed by atoms with Crippen LogP contribution in [0.3, 0.4) is 0 Å². The topological polar surface area (TPSA) is 0 Å². The minimum absolute atomic E-state index is 1.11. The third-order valence-corrected chi connectivity index (χ3v) is 2.26. The minimum atomic E-state index is 1.11. The third-order valence-electron chi connectivity index (χ3n) is 2.26. The van der Waals surface area contributed by atoms with Gasteiger partial charge in [-0.2, -0.15) is 0 Å². The van der Waals surface area contributed by atoms with Crippen LogP contribution in [0.2, 0.25) is 0 Å². The van der Waals surface area contributed by atoms with Gasteiger partial charge in [0.1, 0.15) is 0 Å². The molecule has 0 aromatic heterocycles. The van der Waals surface area contributed by atoms with E-state index in [1.54, 1.807) is 0 Å². The second-order valence-electron chi connectivity index (χ2n) is 3.51. The maximum absolute atomic E-state index is 2.33. The number of hydrogen-bond donors (Lipinski definition) is 0. The molecule has 1 aliphatic rings. The second-order valence-corrected chi connectivity index (χ2v) is 3.51. The molecule has 1 aliphatic carbocycles. The van der Waals surface area contributed by atoms with E-state index in [0.29, 0.717) is 0 Å². The molecule has 0 heterocycles. The van der Waals surface area contributed by atoms with Gasteiger partial charge in [0.25, 0.3) is 0 Å². The molecule has 0 amide bonds. The Balaban J connectivity index is 2.28. The lowest BCUT2D eigenvalue weighted by Crippen LogP contribution is -1.72. The molecular formula is C13H20. The second kappa shape index (κ2) is 7.85. The summed E-state index contributed by atoms with van der Waals surface area (Å²) in [6.45, 7) is 0. The summed E-state index contributed by atoms with van der Waals surface area (Å²) in [5, 5.41) is 0. The van der Waals surface area contributed by atoms with Gasteiger partial charge in [-0.05, 0) is 44.9 Å². The molecule has 0 unspecified atom stereocenters. The van der Waals surface area contributed by atoms with E-state index in [1.807, 2.05) is 0 Å². The van der Waals surface area contributed by atoms with Crippen molar-refractivity contribution in [3.63, 3.8) is 0 Å². The highest BCUT2D eigenvalue weighted by atomic mass is 13.9. The van der Waals surface area contributed by atoms with Crippen molar-refractivity contribution in [2.75, 3.05) is 0 Å². The summed E-state index contributed by atoms with van der Waals surface area (Å²) in [6, 6.07) is 0. The normalized spacial score (nSPS) is 20.3. The van der Waals surface area contributed by atoms with Crippen LogP contribution in [0.4, 0.5) is 0 Å². The van der Waals surface area contributed by atoms with Gasteiger partial charge in [-0.1, -0.05) is 36.5 Å². The van der Waals surface area contributed by atoms with Crippen molar-refractivity contribution in [3.8, 4) is 0 Å². The standard InChI is InChI=1S/C13H20/c1-2-4-6-8-10-12-13-11-9-7-5-3-1/h1-2,5,7-8,10H,3-4,6,9,11-13H2. The Labute approximate surface area is 82.0 Å². The lowest BCUT2D eigenvalue weighted by Gasteiger charge is -1.92. The van der Waals surface area contributed by atoms with Crippen LogP contribution < -0.4 is 0 Å². The molecule has 0 spiro atoms. The van der Waals surface area contributed by atoms with Gasteiger partial charge < -0.3 is 0 Å². The van der Waals surface area contributed by atoms with E-state index in [-0.39, 0.29) is 0 Å². The SMILES string of the molecule is C1=CCCC=CCCCCC=CC1. The van der Waals surface area contributed by atoms with Crippen LogP contribution in [0.15, 0.2) is 36.5 Å². The molecule has 0 fully saturated rings. The smallest absolute Gasteiger partial charge is 0.0169 e. The van der Waals surface area contributed by atoms with Gasteiger partial charge in [-0.25, -0.2) is 0 Å². The molecule has 0 aromatic carbocycles. The van der Waals surface area contributed by atoms with Crippen LogP contribution >= 0.6 is 0 Å². The lowest BCUT2D eigenvalue weighted by molar-refractivity contribution is 0.759. The third kappa shape index (κ3) is 6.39. The lowest BCUT2D eigenvalue weighted by atomic mass is 10.1. The molecule has 0 atom stereocenters. The fourth-order valence-corrected chi connectivity index (χ4v) is 1.46. The molecule has 0 bridgehead atoms. The van der Waals surface area contributed by atoms with Gasteiger partial charge in [0.2, 0.25) is 0 Å². The van der Waals surface area contributed by atoms with Gasteiger partial charge in [-0.3, -0.25) is 0 Å². The van der Waals surface area contributed by atoms with Gasteiger partial charge in [-0.15, -0.1) is 0 Å². The molecule has 0 aromatic rings. The molecule has 1 rings (SSSR count). The first kappa shape index (κ1) is 10.3. The van der Waals surface area contributed by atoms with Crippen molar-refractivity contribution in [2.45, 2.75) is 44.9 Å². The Morgan fingerprint density at radius 1 is 0.462 bits per heavy atom. The van der Waals surface area contributed by atoms with E-state index in [9.17, 15) is 0 Å². The predicted molar refractivity (Wildman–Crippen MR) is 59.7 cm³/mol. The maximum Gasteiger partial charge on any atom is -0.0169 e. The van der Waals surface area contributed by atoms with E-state index in [0.717, 1.165) is 6.42 Å². The highest BCUT2D eigenvalue weighted by Crippen LogP contribution is 2.04. The Bertz CT molecular complexity index is 184. The molecule has 13 heavy (non-hydrogen) atoms. The molecular weight excluding hydrogens is 156 g/mol. The largest absolute Gasteiger partial charge is 0.0885 e. The summed E-state index contributed by atoms with van der Waals surface area (Å²) in [5.74, 6) is 0. The Hall–Kier alpha value is -0.780. The van der Waals surface area contributed by atoms with Gasteiger partial charge in [0.05, 0.1) is 0 Å². The fraction of sp³-hybridized carbons (Fsp3) is 0.538. The first-order valence-corrected chi connectivity index (χ1v) is 5.45. The molecule has 0 aliphatic heterocycles. The van der Waals surface area contributed by atoms with Gasteiger partial charge in [0.15, 0.2) is 0 Å². The van der Waals surface area contributed by atoms with Crippen molar-refractivity contribution in [2.24, 2.45) is 0 Å². The van der Waals surface area contributed by atoms with E-state index >= 15 is 0 Å². The van der Waals surface area contributed by atoms with Crippen molar-refractivity contribution in [3.05, 3.63) is 36.5 Å². The zero-order valence-corrected chi connectivity index (χ0v) is 8.41. The number of allylic oxidation sites excluding steroid dienone is 6. The Morgan fingerprint density at radius 3 is 1.62 bits per heavy atom. The summed E-state index contributed by atoms with van der Waals surface area (Å²) < 4.78 is 0. The summed E-state index contributed by atoms with van der Waals surface area (Å²) in [4.78, 5) is 0. The van der Waals surface area contributed by atoms with Crippen molar-refractivity contribution in [1.29, 1.82) is 0 Å². The summed E-state index contributed by atoms with van der Waals surface area (Å²) >= 11 is 0. The first-order chi connectivity index (χ1) is 6.50. The van der Waals surface area contributed by atoms with E-state index < -0.39 is 0 Å². The van der Waals surface area contributed by atoms with Crippen molar-refractivity contribution >= 4 is 0 Å². The Kier molecular flexibility index (Phi) is 6.22. The average Bonchev–Trinajstić information content (AvgIpc) is 2.18. The molecule has 0 saturated heterocycles. The number of rotatable bonds is 0. The number of hydrogen-bond acceptors (Lipinski definition) is 0. The molecule has 0 nitrogen and oxygen atoms in total. The average molecular weight is 176 g/mol. The fourth-order valence-electron chi connectivity index (χ4n) is 1.46. The Morgan fingerprint density at radius 2 is 0.923 bits per heavy atom. The van der Waals surface area contributed by atoms with Crippen molar-refractivity contribution in [1.82, 2.24) is 0 Å². The zero-order valence-electron chi connectivity index (χ0n) is 8.41. The van der Waals surface area contributed by atoms with E-state index in [4.69, 9.17) is 0 Å². The van der Waals surface area contributed by atoms with Crippen LogP contribution in [0.1, 0.15) is 44.9 Å². The monoisotopic (exact) mass is 176 g/mol. The van der Waals surface area contributed by atoms with E-state index in [2.05, 4.69) is 36.5 Å². The molecule has 0 saturated carbocycles. The molecule has 0 radical (unpaired) electrons. The summed E-state index contributed by atoms with van der Waals surface area (Å²) in [5.41, 5.74) is 0. The van der Waals surface area contributed by atoms with Crippen LogP contribution in [0.5, 0.6) is 0 Å². The summed E-state index contributed by atoms with van der Waals surface area (Å²) in [6.07, 6.45) is 22.5. The van der Waals surface area contributed by atoms with Gasteiger partial charge >= 0.3 is 0 Å². The molecule has 0 heteroatoms.